The third-order valence-electron chi connectivity index (χ3n) is 5.58. The topological polar surface area (TPSA) is 63.0 Å². The Balaban J connectivity index is 1.45. The maximum absolute atomic E-state index is 6.27. The van der Waals surface area contributed by atoms with Crippen LogP contribution in [0.15, 0.2) is 36.7 Å². The summed E-state index contributed by atoms with van der Waals surface area (Å²) in [7, 11) is 2.10. The van der Waals surface area contributed by atoms with Gasteiger partial charge in [0, 0.05) is 43.0 Å². The Morgan fingerprint density at radius 2 is 1.82 bits per heavy atom. The standard InChI is InChI=1S/C20H22ClN7/c1-26-12-15-11-16(21)3-4-17(15)28-18(13-26)24-25-19(28)14-5-9-27(10-6-14)20-22-7-2-8-23-20/h2-4,7-8,11,14H,5-6,9-10,12-13H2,1H3. The first-order chi connectivity index (χ1) is 13.7. The third-order valence-corrected chi connectivity index (χ3v) is 5.82. The van der Waals surface area contributed by atoms with E-state index in [0.717, 1.165) is 67.3 Å². The molecular weight excluding hydrogens is 374 g/mol. The van der Waals surface area contributed by atoms with Crippen molar-refractivity contribution < 1.29 is 0 Å². The molecule has 28 heavy (non-hydrogen) atoms. The van der Waals surface area contributed by atoms with Gasteiger partial charge in [-0.3, -0.25) is 9.47 Å². The van der Waals surface area contributed by atoms with Crippen molar-refractivity contribution in [2.45, 2.75) is 31.8 Å². The van der Waals surface area contributed by atoms with Crippen molar-refractivity contribution in [3.05, 3.63) is 58.9 Å². The smallest absolute Gasteiger partial charge is 0.225 e. The van der Waals surface area contributed by atoms with Crippen LogP contribution in [0, 0.1) is 0 Å². The van der Waals surface area contributed by atoms with Crippen LogP contribution >= 0.6 is 11.6 Å². The second-order valence-electron chi connectivity index (χ2n) is 7.57. The van der Waals surface area contributed by atoms with E-state index in [-0.39, 0.29) is 0 Å². The van der Waals surface area contributed by atoms with Crippen LogP contribution in [0.4, 0.5) is 5.95 Å². The molecule has 5 rings (SSSR count). The molecule has 144 valence electrons. The molecule has 8 heteroatoms. The van der Waals surface area contributed by atoms with Crippen molar-refractivity contribution in [2.24, 2.45) is 0 Å². The van der Waals surface area contributed by atoms with Crippen molar-refractivity contribution in [3.63, 3.8) is 0 Å². The van der Waals surface area contributed by atoms with E-state index in [1.165, 1.54) is 5.56 Å². The summed E-state index contributed by atoms with van der Waals surface area (Å²) in [5.74, 6) is 3.23. The van der Waals surface area contributed by atoms with Gasteiger partial charge in [0.05, 0.1) is 12.2 Å². The fourth-order valence-electron chi connectivity index (χ4n) is 4.24. The second-order valence-corrected chi connectivity index (χ2v) is 8.00. The van der Waals surface area contributed by atoms with Gasteiger partial charge in [0.1, 0.15) is 5.82 Å². The maximum atomic E-state index is 6.27. The molecule has 2 aliphatic rings. The van der Waals surface area contributed by atoms with Gasteiger partial charge >= 0.3 is 0 Å². The SMILES string of the molecule is CN1Cc2cc(Cl)ccc2-n2c(nnc2C2CCN(c3ncccn3)CC2)C1. The molecule has 1 fully saturated rings. The van der Waals surface area contributed by atoms with Crippen molar-refractivity contribution in [1.29, 1.82) is 0 Å². The lowest BCUT2D eigenvalue weighted by molar-refractivity contribution is 0.315. The Morgan fingerprint density at radius 3 is 2.61 bits per heavy atom. The Morgan fingerprint density at radius 1 is 1.04 bits per heavy atom. The fourth-order valence-corrected chi connectivity index (χ4v) is 4.43. The average Bonchev–Trinajstić information content (AvgIpc) is 3.06. The molecule has 2 aromatic heterocycles. The molecule has 1 aromatic carbocycles. The molecule has 1 saturated heterocycles. The van der Waals surface area contributed by atoms with E-state index in [2.05, 4.69) is 53.7 Å². The zero-order valence-corrected chi connectivity index (χ0v) is 16.5. The number of piperidine rings is 1. The summed E-state index contributed by atoms with van der Waals surface area (Å²) in [4.78, 5) is 13.3. The highest BCUT2D eigenvalue weighted by Gasteiger charge is 2.29. The van der Waals surface area contributed by atoms with Crippen molar-refractivity contribution in [3.8, 4) is 5.69 Å². The third kappa shape index (κ3) is 3.14. The van der Waals surface area contributed by atoms with Crippen LogP contribution in [0.5, 0.6) is 0 Å². The zero-order chi connectivity index (χ0) is 19.1. The second kappa shape index (κ2) is 7.14. The predicted molar refractivity (Wildman–Crippen MR) is 108 cm³/mol. The van der Waals surface area contributed by atoms with Gasteiger partial charge in [-0.15, -0.1) is 10.2 Å². The first-order valence-electron chi connectivity index (χ1n) is 9.62. The van der Waals surface area contributed by atoms with Gasteiger partial charge in [0.25, 0.3) is 0 Å². The fraction of sp³-hybridized carbons (Fsp3) is 0.400. The lowest BCUT2D eigenvalue weighted by atomic mass is 9.95. The highest BCUT2D eigenvalue weighted by molar-refractivity contribution is 6.30. The van der Waals surface area contributed by atoms with Crippen LogP contribution < -0.4 is 4.90 Å². The molecular formula is C20H22ClN7. The first kappa shape index (κ1) is 17.6. The van der Waals surface area contributed by atoms with Crippen LogP contribution in [0.3, 0.4) is 0 Å². The van der Waals surface area contributed by atoms with Crippen LogP contribution in [0.25, 0.3) is 5.69 Å². The van der Waals surface area contributed by atoms with Crippen molar-refractivity contribution >= 4 is 17.5 Å². The molecule has 0 bridgehead atoms. The Bertz CT molecular complexity index is 979. The van der Waals surface area contributed by atoms with E-state index in [1.54, 1.807) is 12.4 Å². The van der Waals surface area contributed by atoms with Gasteiger partial charge in [-0.1, -0.05) is 11.6 Å². The van der Waals surface area contributed by atoms with Crippen molar-refractivity contribution in [2.75, 3.05) is 25.0 Å². The van der Waals surface area contributed by atoms with Crippen LogP contribution in [0.1, 0.15) is 36.0 Å². The summed E-state index contributed by atoms with van der Waals surface area (Å²) in [6.07, 6.45) is 5.61. The summed E-state index contributed by atoms with van der Waals surface area (Å²) in [6, 6.07) is 7.96. The number of benzene rings is 1. The largest absolute Gasteiger partial charge is 0.341 e. The van der Waals surface area contributed by atoms with Gasteiger partial charge in [0.2, 0.25) is 5.95 Å². The van der Waals surface area contributed by atoms with E-state index < -0.39 is 0 Å². The quantitative estimate of drug-likeness (QED) is 0.664. The molecule has 0 saturated carbocycles. The van der Waals surface area contributed by atoms with Crippen molar-refractivity contribution in [1.82, 2.24) is 29.6 Å². The Hall–Kier alpha value is -2.51. The highest BCUT2D eigenvalue weighted by Crippen LogP contribution is 2.33. The Labute approximate surface area is 169 Å². The lowest BCUT2D eigenvalue weighted by Gasteiger charge is -2.31. The molecule has 7 nitrogen and oxygen atoms in total. The molecule has 0 spiro atoms. The number of halogens is 1. The van der Waals surface area contributed by atoms with Gasteiger partial charge in [-0.05, 0) is 49.7 Å². The summed E-state index contributed by atoms with van der Waals surface area (Å²) >= 11 is 6.27. The van der Waals surface area contributed by atoms with E-state index in [0.29, 0.717) is 5.92 Å². The Kier molecular flexibility index (Phi) is 4.49. The first-order valence-corrected chi connectivity index (χ1v) is 10.0. The van der Waals surface area contributed by atoms with Gasteiger partial charge < -0.3 is 4.90 Å². The monoisotopic (exact) mass is 395 g/mol. The zero-order valence-electron chi connectivity index (χ0n) is 15.8. The summed E-state index contributed by atoms with van der Waals surface area (Å²) in [6.45, 7) is 3.47. The normalized spacial score (nSPS) is 17.9. The number of nitrogens with zero attached hydrogens (tertiary/aromatic N) is 7. The summed E-state index contributed by atoms with van der Waals surface area (Å²) < 4.78 is 2.26. The van der Waals surface area contributed by atoms with Crippen LogP contribution in [0.2, 0.25) is 5.02 Å². The van der Waals surface area contributed by atoms with Gasteiger partial charge in [-0.2, -0.15) is 0 Å². The molecule has 0 amide bonds. The minimum atomic E-state index is 0.369. The van der Waals surface area contributed by atoms with E-state index in [4.69, 9.17) is 11.6 Å². The molecule has 2 aliphatic heterocycles. The average molecular weight is 396 g/mol. The number of hydrogen-bond acceptors (Lipinski definition) is 6. The van der Waals surface area contributed by atoms with Gasteiger partial charge in [0.15, 0.2) is 5.82 Å². The molecule has 0 atom stereocenters. The molecule has 0 unspecified atom stereocenters. The number of rotatable bonds is 2. The maximum Gasteiger partial charge on any atom is 0.225 e. The predicted octanol–water partition coefficient (Wildman–Crippen LogP) is 3.04. The molecule has 3 aromatic rings. The minimum absolute atomic E-state index is 0.369. The number of fused-ring (bicyclic) bond motifs is 3. The minimum Gasteiger partial charge on any atom is -0.341 e. The van der Waals surface area contributed by atoms with Gasteiger partial charge in [-0.25, -0.2) is 9.97 Å². The van der Waals surface area contributed by atoms with E-state index in [9.17, 15) is 0 Å². The molecule has 0 aliphatic carbocycles. The lowest BCUT2D eigenvalue weighted by Crippen LogP contribution is -2.34. The van der Waals surface area contributed by atoms with E-state index >= 15 is 0 Å². The highest BCUT2D eigenvalue weighted by atomic mass is 35.5. The molecule has 0 N–H and O–H groups in total. The summed E-state index contributed by atoms with van der Waals surface area (Å²) in [5, 5.41) is 9.93. The van der Waals surface area contributed by atoms with E-state index in [1.807, 2.05) is 12.1 Å². The number of hydrogen-bond donors (Lipinski definition) is 0. The molecule has 4 heterocycles. The summed E-state index contributed by atoms with van der Waals surface area (Å²) in [5.41, 5.74) is 2.36. The van der Waals surface area contributed by atoms with Crippen LogP contribution in [-0.2, 0) is 13.1 Å². The number of anilines is 1. The van der Waals surface area contributed by atoms with Crippen LogP contribution in [-0.4, -0.2) is 49.8 Å². The molecule has 0 radical (unpaired) electrons. The number of aromatic nitrogens is 5.